The maximum Gasteiger partial charge on any atom is 0.240 e. The minimum Gasteiger partial charge on any atom is -0.352 e. The molecular formula is C29H35ClN4O2S. The third-order valence-corrected chi connectivity index (χ3v) is 7.77. The molecule has 1 atom stereocenters. The van der Waals surface area contributed by atoms with Gasteiger partial charge in [-0.1, -0.05) is 62.2 Å². The Morgan fingerprint density at radius 2 is 1.92 bits per heavy atom. The molecule has 0 saturated carbocycles. The molecule has 6 nitrogen and oxygen atoms in total. The summed E-state index contributed by atoms with van der Waals surface area (Å²) in [4.78, 5) is 28.3. The number of carbonyl (C=O) groups is 2. The van der Waals surface area contributed by atoms with Crippen LogP contribution in [0.2, 0.25) is 5.02 Å². The maximum atomic E-state index is 13.7. The van der Waals surface area contributed by atoms with E-state index < -0.39 is 0 Å². The van der Waals surface area contributed by atoms with Crippen molar-refractivity contribution in [1.29, 1.82) is 0 Å². The van der Waals surface area contributed by atoms with Gasteiger partial charge in [0.2, 0.25) is 11.8 Å². The van der Waals surface area contributed by atoms with Crippen molar-refractivity contribution in [3.8, 4) is 5.69 Å². The normalized spacial score (nSPS) is 16.1. The number of anilines is 1. The van der Waals surface area contributed by atoms with Crippen LogP contribution in [-0.4, -0.2) is 39.9 Å². The van der Waals surface area contributed by atoms with Crippen LogP contribution < -0.4 is 10.2 Å². The van der Waals surface area contributed by atoms with Crippen LogP contribution in [-0.2, 0) is 15.0 Å². The molecule has 0 saturated heterocycles. The molecule has 0 unspecified atom stereocenters. The summed E-state index contributed by atoms with van der Waals surface area (Å²) in [5.74, 6) is 0.556. The fourth-order valence-electron chi connectivity index (χ4n) is 4.73. The quantitative estimate of drug-likeness (QED) is 0.424. The van der Waals surface area contributed by atoms with Crippen LogP contribution in [0.25, 0.3) is 5.69 Å². The zero-order valence-electron chi connectivity index (χ0n) is 22.6. The van der Waals surface area contributed by atoms with E-state index in [1.54, 1.807) is 16.7 Å². The molecule has 1 aromatic heterocycles. The second-order valence-corrected chi connectivity index (χ2v) is 12.5. The van der Waals surface area contributed by atoms with Crippen molar-refractivity contribution in [3.05, 3.63) is 75.4 Å². The molecular weight excluding hydrogens is 504 g/mol. The van der Waals surface area contributed by atoms with E-state index in [1.165, 1.54) is 0 Å². The minimum atomic E-state index is -0.315. The van der Waals surface area contributed by atoms with E-state index in [9.17, 15) is 9.59 Å². The third-order valence-electron chi connectivity index (χ3n) is 6.28. The van der Waals surface area contributed by atoms with Crippen LogP contribution in [0, 0.1) is 13.8 Å². The fourth-order valence-corrected chi connectivity index (χ4v) is 6.11. The first-order valence-corrected chi connectivity index (χ1v) is 14.0. The molecule has 1 aliphatic rings. The van der Waals surface area contributed by atoms with Gasteiger partial charge in [-0.3, -0.25) is 14.5 Å². The number of hydrogen-bond donors (Lipinski definition) is 1. The number of fused-ring (bicyclic) bond motifs is 1. The first kappa shape index (κ1) is 27.3. The van der Waals surface area contributed by atoms with Crippen molar-refractivity contribution >= 4 is 41.0 Å². The predicted molar refractivity (Wildman–Crippen MR) is 153 cm³/mol. The summed E-state index contributed by atoms with van der Waals surface area (Å²) in [6.07, 6.45) is 0. The molecule has 37 heavy (non-hydrogen) atoms. The van der Waals surface area contributed by atoms with Crippen LogP contribution in [0.5, 0.6) is 0 Å². The Bertz CT molecular complexity index is 1340. The summed E-state index contributed by atoms with van der Waals surface area (Å²) in [7, 11) is 0. The molecule has 8 heteroatoms. The average Bonchev–Trinajstić information content (AvgIpc) is 3.11. The van der Waals surface area contributed by atoms with E-state index in [0.717, 1.165) is 33.6 Å². The van der Waals surface area contributed by atoms with Crippen LogP contribution >= 0.6 is 23.4 Å². The Morgan fingerprint density at radius 1 is 1.19 bits per heavy atom. The molecule has 2 amide bonds. The molecule has 1 N–H and O–H groups in total. The molecule has 2 heterocycles. The largest absolute Gasteiger partial charge is 0.352 e. The maximum absolute atomic E-state index is 13.7. The molecule has 0 aliphatic carbocycles. The zero-order valence-corrected chi connectivity index (χ0v) is 24.1. The van der Waals surface area contributed by atoms with Gasteiger partial charge in [0.25, 0.3) is 0 Å². The number of hydrogen-bond acceptors (Lipinski definition) is 4. The van der Waals surface area contributed by atoms with Gasteiger partial charge in [-0.15, -0.1) is 11.8 Å². The minimum absolute atomic E-state index is 0.0305. The Morgan fingerprint density at radius 3 is 2.54 bits per heavy atom. The van der Waals surface area contributed by atoms with Crippen LogP contribution in [0.15, 0.2) is 42.5 Å². The summed E-state index contributed by atoms with van der Waals surface area (Å²) in [5, 5.41) is 8.57. The first-order chi connectivity index (χ1) is 17.4. The van der Waals surface area contributed by atoms with Gasteiger partial charge in [0.1, 0.15) is 12.4 Å². The standard InChI is InChI=1S/C29H35ClN4O2S/c1-17(2)31-23(35)15-33-24(36)16-37-26(20-9-8-10-21(30)14-20)25-27(29(5,6)7)32-34(28(25)33)22-12-11-18(3)13-19(22)4/h8-14,17,26H,15-16H2,1-7H3,(H,31,35)/t26-/m0/s1. The van der Waals surface area contributed by atoms with Crippen molar-refractivity contribution in [2.24, 2.45) is 0 Å². The Labute approximate surface area is 228 Å². The van der Waals surface area contributed by atoms with Crippen molar-refractivity contribution in [1.82, 2.24) is 15.1 Å². The number of amides is 2. The second kappa shape index (κ2) is 10.5. The van der Waals surface area contributed by atoms with Gasteiger partial charge in [0.05, 0.1) is 22.4 Å². The number of nitrogens with zero attached hydrogens (tertiary/aromatic N) is 3. The Hall–Kier alpha value is -2.77. The highest BCUT2D eigenvalue weighted by Gasteiger charge is 2.40. The smallest absolute Gasteiger partial charge is 0.240 e. The number of benzene rings is 2. The lowest BCUT2D eigenvalue weighted by atomic mass is 9.87. The third kappa shape index (κ3) is 5.73. The van der Waals surface area contributed by atoms with Crippen molar-refractivity contribution < 1.29 is 9.59 Å². The number of nitrogens with one attached hydrogen (secondary N) is 1. The van der Waals surface area contributed by atoms with Crippen LogP contribution in [0.4, 0.5) is 5.82 Å². The number of halogens is 1. The monoisotopic (exact) mass is 538 g/mol. The molecule has 3 aromatic rings. The molecule has 4 rings (SSSR count). The molecule has 196 valence electrons. The summed E-state index contributed by atoms with van der Waals surface area (Å²) in [6, 6.07) is 13.9. The van der Waals surface area contributed by atoms with E-state index in [-0.39, 0.29) is 40.8 Å². The molecule has 0 radical (unpaired) electrons. The number of aromatic nitrogens is 2. The first-order valence-electron chi connectivity index (χ1n) is 12.5. The molecule has 0 fully saturated rings. The van der Waals surface area contributed by atoms with Gasteiger partial charge in [0.15, 0.2) is 0 Å². The lowest BCUT2D eigenvalue weighted by Gasteiger charge is -2.25. The van der Waals surface area contributed by atoms with Gasteiger partial charge in [-0.05, 0) is 57.0 Å². The number of carbonyl (C=O) groups excluding carboxylic acids is 2. The summed E-state index contributed by atoms with van der Waals surface area (Å²) < 4.78 is 1.87. The van der Waals surface area contributed by atoms with Gasteiger partial charge >= 0.3 is 0 Å². The summed E-state index contributed by atoms with van der Waals surface area (Å²) in [5.41, 5.74) is 5.60. The lowest BCUT2D eigenvalue weighted by molar-refractivity contribution is -0.123. The Kier molecular flexibility index (Phi) is 7.77. The van der Waals surface area contributed by atoms with Gasteiger partial charge < -0.3 is 5.32 Å². The van der Waals surface area contributed by atoms with Crippen LogP contribution in [0.3, 0.4) is 0 Å². The second-order valence-electron chi connectivity index (χ2n) is 11.0. The summed E-state index contributed by atoms with van der Waals surface area (Å²) in [6.45, 7) is 14.2. The van der Waals surface area contributed by atoms with E-state index in [2.05, 4.69) is 39.1 Å². The predicted octanol–water partition coefficient (Wildman–Crippen LogP) is 6.13. The van der Waals surface area contributed by atoms with E-state index in [1.807, 2.05) is 61.9 Å². The highest BCUT2D eigenvalue weighted by molar-refractivity contribution is 8.00. The fraction of sp³-hybridized carbons (Fsp3) is 0.414. The van der Waals surface area contributed by atoms with E-state index in [4.69, 9.17) is 16.7 Å². The van der Waals surface area contributed by atoms with Crippen LogP contribution in [0.1, 0.15) is 67.8 Å². The van der Waals surface area contributed by atoms with Crippen molar-refractivity contribution in [2.45, 2.75) is 65.2 Å². The van der Waals surface area contributed by atoms with Crippen molar-refractivity contribution in [2.75, 3.05) is 17.2 Å². The van der Waals surface area contributed by atoms with Gasteiger partial charge in [0, 0.05) is 22.0 Å². The summed E-state index contributed by atoms with van der Waals surface area (Å²) >= 11 is 7.96. The molecule has 0 spiro atoms. The molecule has 0 bridgehead atoms. The average molecular weight is 539 g/mol. The molecule has 1 aliphatic heterocycles. The van der Waals surface area contributed by atoms with Crippen molar-refractivity contribution in [3.63, 3.8) is 0 Å². The number of aryl methyl sites for hydroxylation is 2. The van der Waals surface area contributed by atoms with Gasteiger partial charge in [-0.25, -0.2) is 4.68 Å². The van der Waals surface area contributed by atoms with E-state index >= 15 is 0 Å². The topological polar surface area (TPSA) is 67.2 Å². The lowest BCUT2D eigenvalue weighted by Crippen LogP contribution is -2.44. The highest BCUT2D eigenvalue weighted by atomic mass is 35.5. The number of rotatable bonds is 5. The zero-order chi connectivity index (χ0) is 27.1. The van der Waals surface area contributed by atoms with E-state index in [0.29, 0.717) is 10.8 Å². The molecule has 2 aromatic carbocycles. The SMILES string of the molecule is Cc1ccc(-n2nc(C(C)(C)C)c3c2N(CC(=O)NC(C)C)C(=O)CS[C@H]3c2cccc(Cl)c2)c(C)c1. The van der Waals surface area contributed by atoms with Gasteiger partial charge in [-0.2, -0.15) is 5.10 Å². The Balaban J connectivity index is 2.04. The highest BCUT2D eigenvalue weighted by Crippen LogP contribution is 2.48. The number of thioether (sulfide) groups is 1.